The van der Waals surface area contributed by atoms with Crippen molar-refractivity contribution in [2.75, 3.05) is 19.7 Å². The van der Waals surface area contributed by atoms with E-state index in [1.165, 1.54) is 0 Å². The summed E-state index contributed by atoms with van der Waals surface area (Å²) < 4.78 is 6.56. The van der Waals surface area contributed by atoms with Crippen molar-refractivity contribution in [1.82, 2.24) is 9.47 Å². The van der Waals surface area contributed by atoms with E-state index in [4.69, 9.17) is 10.5 Å². The first kappa shape index (κ1) is 16.5. The molecule has 7 heteroatoms. The molecule has 6 nitrogen and oxygen atoms in total. The summed E-state index contributed by atoms with van der Waals surface area (Å²) >= 11 is 0. The normalized spacial score (nSPS) is 13.4. The number of halogens is 1. The Morgan fingerprint density at radius 1 is 1.50 bits per heavy atom. The Morgan fingerprint density at radius 3 is 2.90 bits per heavy atom. The number of nitrogens with two attached hydrogens (primary N) is 1. The highest BCUT2D eigenvalue weighted by atomic mass is 35.5. The Balaban J connectivity index is 0.00000200. The van der Waals surface area contributed by atoms with Gasteiger partial charge in [-0.05, 0) is 25.0 Å². The van der Waals surface area contributed by atoms with Crippen LogP contribution in [0.5, 0.6) is 0 Å². The minimum absolute atomic E-state index is 0. The zero-order valence-electron chi connectivity index (χ0n) is 11.5. The summed E-state index contributed by atoms with van der Waals surface area (Å²) in [6, 6.07) is 1.94. The van der Waals surface area contributed by atoms with Crippen molar-refractivity contribution in [2.45, 2.75) is 26.4 Å². The second-order valence-corrected chi connectivity index (χ2v) is 4.48. The highest BCUT2D eigenvalue weighted by Gasteiger charge is 2.24. The van der Waals surface area contributed by atoms with Crippen molar-refractivity contribution in [2.24, 2.45) is 5.73 Å². The topological polar surface area (TPSA) is 77.6 Å². The number of ether oxygens (including phenoxy) is 1. The molecule has 1 aromatic heterocycles. The number of carbonyl (C=O) groups excluding carboxylic acids is 1. The number of pyridine rings is 1. The smallest absolute Gasteiger partial charge is 0.410 e. The van der Waals surface area contributed by atoms with Crippen molar-refractivity contribution in [1.29, 1.82) is 0 Å². The molecule has 112 valence electrons. The molecule has 1 aliphatic heterocycles. The number of hydrogen-bond acceptors (Lipinski definition) is 4. The predicted molar refractivity (Wildman–Crippen MR) is 78.1 cm³/mol. The lowest BCUT2D eigenvalue weighted by Gasteiger charge is -2.27. The van der Waals surface area contributed by atoms with Gasteiger partial charge in [-0.25, -0.2) is 4.79 Å². The van der Waals surface area contributed by atoms with Crippen LogP contribution in [0, 0.1) is 0 Å². The molecule has 0 atom stereocenters. The lowest BCUT2D eigenvalue weighted by atomic mass is 10.0. The third kappa shape index (κ3) is 3.32. The lowest BCUT2D eigenvalue weighted by molar-refractivity contribution is 0.102. The van der Waals surface area contributed by atoms with Crippen molar-refractivity contribution in [3.63, 3.8) is 0 Å². The van der Waals surface area contributed by atoms with E-state index in [-0.39, 0.29) is 24.1 Å². The van der Waals surface area contributed by atoms with Gasteiger partial charge in [-0.2, -0.15) is 0 Å². The van der Waals surface area contributed by atoms with Crippen LogP contribution in [0.2, 0.25) is 0 Å². The zero-order chi connectivity index (χ0) is 13.8. The van der Waals surface area contributed by atoms with Crippen molar-refractivity contribution >= 4 is 18.5 Å². The maximum atomic E-state index is 12.3. The number of carbonyl (C=O) groups is 1. The van der Waals surface area contributed by atoms with Gasteiger partial charge >= 0.3 is 6.09 Å². The van der Waals surface area contributed by atoms with Gasteiger partial charge in [-0.1, -0.05) is 0 Å². The molecule has 0 radical (unpaired) electrons. The summed E-state index contributed by atoms with van der Waals surface area (Å²) in [4.78, 5) is 25.5. The predicted octanol–water partition coefficient (Wildman–Crippen LogP) is 0.743. The maximum Gasteiger partial charge on any atom is 0.410 e. The van der Waals surface area contributed by atoms with E-state index in [0.717, 1.165) is 5.56 Å². The van der Waals surface area contributed by atoms with Crippen molar-refractivity contribution < 1.29 is 9.53 Å². The molecule has 1 aromatic rings. The van der Waals surface area contributed by atoms with Crippen LogP contribution < -0.4 is 11.3 Å². The summed E-state index contributed by atoms with van der Waals surface area (Å²) in [5, 5.41) is 0. The Morgan fingerprint density at radius 2 is 2.25 bits per heavy atom. The summed E-state index contributed by atoms with van der Waals surface area (Å²) in [6.45, 7) is 3.93. The number of fused-ring (bicyclic) bond motifs is 1. The Labute approximate surface area is 123 Å². The molecule has 0 spiro atoms. The highest BCUT2D eigenvalue weighted by molar-refractivity contribution is 5.85. The Bertz CT molecular complexity index is 530. The van der Waals surface area contributed by atoms with Gasteiger partial charge in [0.2, 0.25) is 0 Å². The third-order valence-electron chi connectivity index (χ3n) is 3.26. The van der Waals surface area contributed by atoms with Crippen LogP contribution in [0.25, 0.3) is 0 Å². The van der Waals surface area contributed by atoms with Crippen LogP contribution in [0.15, 0.2) is 17.1 Å². The first-order chi connectivity index (χ1) is 9.17. The van der Waals surface area contributed by atoms with Gasteiger partial charge in [0.1, 0.15) is 0 Å². The molecule has 20 heavy (non-hydrogen) atoms. The zero-order valence-corrected chi connectivity index (χ0v) is 12.3. The monoisotopic (exact) mass is 301 g/mol. The fraction of sp³-hybridized carbons (Fsp3) is 0.538. The fourth-order valence-electron chi connectivity index (χ4n) is 2.27. The molecule has 2 N–H and O–H groups in total. The molecular formula is C13H20ClN3O3. The largest absolute Gasteiger partial charge is 0.450 e. The summed E-state index contributed by atoms with van der Waals surface area (Å²) in [5.74, 6) is 0. The van der Waals surface area contributed by atoms with Gasteiger partial charge in [0.15, 0.2) is 0 Å². The van der Waals surface area contributed by atoms with Gasteiger partial charge in [0.25, 0.3) is 5.56 Å². The number of nitrogens with zero attached hydrogens (tertiary/aromatic N) is 2. The van der Waals surface area contributed by atoms with Crippen LogP contribution in [0.3, 0.4) is 0 Å². The second-order valence-electron chi connectivity index (χ2n) is 4.48. The molecule has 0 unspecified atom stereocenters. The highest BCUT2D eigenvalue weighted by Crippen LogP contribution is 2.16. The molecular weight excluding hydrogens is 282 g/mol. The van der Waals surface area contributed by atoms with Crippen LogP contribution in [-0.2, 0) is 24.2 Å². The molecule has 2 heterocycles. The van der Waals surface area contributed by atoms with Gasteiger partial charge in [0.05, 0.1) is 13.2 Å². The van der Waals surface area contributed by atoms with E-state index in [0.29, 0.717) is 44.8 Å². The minimum atomic E-state index is -0.359. The van der Waals surface area contributed by atoms with Crippen LogP contribution in [0.1, 0.15) is 18.1 Å². The summed E-state index contributed by atoms with van der Waals surface area (Å²) in [7, 11) is 0. The van der Waals surface area contributed by atoms with Crippen LogP contribution in [0.4, 0.5) is 4.79 Å². The number of rotatable bonds is 3. The van der Waals surface area contributed by atoms with Crippen LogP contribution in [-0.4, -0.2) is 35.3 Å². The number of aromatic nitrogens is 1. The molecule has 1 amide bonds. The van der Waals surface area contributed by atoms with E-state index < -0.39 is 0 Å². The minimum Gasteiger partial charge on any atom is -0.450 e. The summed E-state index contributed by atoms with van der Waals surface area (Å²) in [6.07, 6.45) is 2.10. The van der Waals surface area contributed by atoms with E-state index >= 15 is 0 Å². The van der Waals surface area contributed by atoms with Crippen LogP contribution >= 0.6 is 12.4 Å². The molecule has 0 aromatic carbocycles. The SMILES string of the molecule is CCOC(=O)N1CCc2ccn(CCN)c(=O)c2C1.Cl. The van der Waals surface area contributed by atoms with Crippen molar-refractivity contribution in [3.8, 4) is 0 Å². The average Bonchev–Trinajstić information content (AvgIpc) is 2.42. The molecule has 1 aliphatic rings. The molecule has 0 saturated carbocycles. The Kier molecular flexibility index (Phi) is 6.04. The molecule has 0 bridgehead atoms. The fourth-order valence-corrected chi connectivity index (χ4v) is 2.27. The van der Waals surface area contributed by atoms with Gasteiger partial charge < -0.3 is 19.9 Å². The Hall–Kier alpha value is -1.53. The first-order valence-corrected chi connectivity index (χ1v) is 6.50. The average molecular weight is 302 g/mol. The van der Waals surface area contributed by atoms with Crippen molar-refractivity contribution in [3.05, 3.63) is 33.7 Å². The quantitative estimate of drug-likeness (QED) is 0.893. The van der Waals surface area contributed by atoms with E-state index in [2.05, 4.69) is 0 Å². The van der Waals surface area contributed by atoms with Gasteiger partial charge in [0, 0.05) is 31.4 Å². The lowest BCUT2D eigenvalue weighted by Crippen LogP contribution is -2.40. The first-order valence-electron chi connectivity index (χ1n) is 6.50. The standard InChI is InChI=1S/C13H19N3O3.ClH/c1-2-19-13(18)16-7-4-10-3-6-15(8-5-14)12(17)11(10)9-16;/h3,6H,2,4-5,7-9,14H2,1H3;1H. The number of amides is 1. The molecule has 0 saturated heterocycles. The molecule has 0 fully saturated rings. The number of hydrogen-bond donors (Lipinski definition) is 1. The second kappa shape index (κ2) is 7.31. The van der Waals surface area contributed by atoms with E-state index in [9.17, 15) is 9.59 Å². The summed E-state index contributed by atoms with van der Waals surface area (Å²) in [5.41, 5.74) is 7.11. The van der Waals surface area contributed by atoms with E-state index in [1.54, 1.807) is 22.6 Å². The van der Waals surface area contributed by atoms with Gasteiger partial charge in [-0.3, -0.25) is 4.79 Å². The third-order valence-corrected chi connectivity index (χ3v) is 3.26. The van der Waals surface area contributed by atoms with E-state index in [1.807, 2.05) is 6.07 Å². The maximum absolute atomic E-state index is 12.3. The molecule has 2 rings (SSSR count). The molecule has 0 aliphatic carbocycles. The van der Waals surface area contributed by atoms with Gasteiger partial charge in [-0.15, -0.1) is 12.4 Å².